The van der Waals surface area contributed by atoms with Gasteiger partial charge < -0.3 is 20.5 Å². The number of aromatic nitrogens is 4. The maximum Gasteiger partial charge on any atom is 0.143 e. The largest absolute Gasteiger partial charge is 0.389 e. The molecule has 1 fully saturated rings. The number of aliphatic hydroxyl groups excluding tert-OH is 2. The Morgan fingerprint density at radius 3 is 2.85 bits per heavy atom. The van der Waals surface area contributed by atoms with Crippen molar-refractivity contribution in [3.05, 3.63) is 70.7 Å². The summed E-state index contributed by atoms with van der Waals surface area (Å²) in [5.41, 5.74) is 9.16. The zero-order chi connectivity index (χ0) is 22.9. The molecule has 0 unspecified atom stereocenters. The van der Waals surface area contributed by atoms with Gasteiger partial charge in [-0.3, -0.25) is 0 Å². The van der Waals surface area contributed by atoms with Crippen molar-refractivity contribution < 1.29 is 10.2 Å². The Hall–Kier alpha value is -2.81. The second-order valence-corrected chi connectivity index (χ2v) is 10.2. The highest BCUT2D eigenvalue weighted by molar-refractivity contribution is 9.10. The molecule has 4 aromatic rings. The lowest BCUT2D eigenvalue weighted by Gasteiger charge is -2.27. The third kappa shape index (κ3) is 3.12. The summed E-state index contributed by atoms with van der Waals surface area (Å²) in [6.07, 6.45) is 7.38. The van der Waals surface area contributed by atoms with Gasteiger partial charge in [-0.2, -0.15) is 0 Å². The molecule has 6 rings (SSSR count). The highest BCUT2D eigenvalue weighted by Gasteiger charge is 2.54. The fraction of sp³-hybridized carbons (Fsp3) is 0.320. The van der Waals surface area contributed by atoms with Crippen LogP contribution in [0.2, 0.25) is 0 Å². The van der Waals surface area contributed by atoms with Crippen molar-refractivity contribution in [2.45, 2.75) is 43.9 Å². The van der Waals surface area contributed by atoms with Crippen LogP contribution in [0.4, 0.5) is 5.82 Å². The maximum absolute atomic E-state index is 11.2. The summed E-state index contributed by atoms with van der Waals surface area (Å²) < 4.78 is 2.78. The molecule has 1 saturated carbocycles. The van der Waals surface area contributed by atoms with Crippen molar-refractivity contribution in [2.75, 3.05) is 5.73 Å². The fourth-order valence-electron chi connectivity index (χ4n) is 5.67. The van der Waals surface area contributed by atoms with Gasteiger partial charge in [0.05, 0.1) is 27.8 Å². The SMILES string of the molecule is Cc1ncnc2c1ccn2[C@@H]1C[C@@]2(C=C[C@H](c3ccc4cc(Br)c(N)nc4c3)C2)[C@@H](O)[C@H]1O. The zero-order valence-electron chi connectivity index (χ0n) is 18.1. The summed E-state index contributed by atoms with van der Waals surface area (Å²) in [5, 5.41) is 24.2. The molecule has 0 saturated heterocycles. The van der Waals surface area contributed by atoms with E-state index in [1.165, 1.54) is 0 Å². The normalized spacial score (nSPS) is 29.1. The summed E-state index contributed by atoms with van der Waals surface area (Å²) in [6, 6.07) is 9.92. The minimum absolute atomic E-state index is 0.132. The lowest BCUT2D eigenvalue weighted by Crippen LogP contribution is -2.34. The number of nitrogens with two attached hydrogens (primary N) is 1. The van der Waals surface area contributed by atoms with Gasteiger partial charge in [-0.05, 0) is 59.5 Å². The lowest BCUT2D eigenvalue weighted by atomic mass is 9.80. The van der Waals surface area contributed by atoms with Crippen LogP contribution in [0.5, 0.6) is 0 Å². The molecule has 8 heteroatoms. The molecular weight excluding hydrogens is 482 g/mol. The number of aryl methyl sites for hydroxylation is 1. The standard InChI is InChI=1S/C25H24BrN5O2/c1-13-17-5-7-31(24(17)29-12-28-13)20-11-25(22(33)21(20)32)6-4-16(10-25)14-2-3-15-8-18(26)23(27)30-19(15)9-14/h2-9,12,16,20-22,32-33H,10-11H2,1H3,(H2,27,30)/t16-,20+,21-,22-,25-/m0/s1. The molecule has 7 nitrogen and oxygen atoms in total. The Balaban J connectivity index is 1.31. The van der Waals surface area contributed by atoms with Crippen LogP contribution in [0.1, 0.15) is 36.1 Å². The Labute approximate surface area is 199 Å². The number of benzene rings is 1. The molecule has 0 aliphatic heterocycles. The first-order chi connectivity index (χ1) is 15.9. The predicted octanol–water partition coefficient (Wildman–Crippen LogP) is 4.03. The predicted molar refractivity (Wildman–Crippen MR) is 131 cm³/mol. The third-order valence-corrected chi connectivity index (χ3v) is 8.11. The smallest absolute Gasteiger partial charge is 0.143 e. The first-order valence-electron chi connectivity index (χ1n) is 11.1. The number of nitrogen functional groups attached to an aromatic ring is 1. The van der Waals surface area contributed by atoms with Crippen LogP contribution in [0.3, 0.4) is 0 Å². The van der Waals surface area contributed by atoms with Gasteiger partial charge in [0.2, 0.25) is 0 Å². The number of rotatable bonds is 2. The average molecular weight is 506 g/mol. The van der Waals surface area contributed by atoms with Gasteiger partial charge in [-0.25, -0.2) is 15.0 Å². The first kappa shape index (κ1) is 20.8. The molecule has 2 aliphatic rings. The van der Waals surface area contributed by atoms with Gasteiger partial charge in [0, 0.05) is 28.3 Å². The highest BCUT2D eigenvalue weighted by atomic mass is 79.9. The molecule has 0 radical (unpaired) electrons. The fourth-order valence-corrected chi connectivity index (χ4v) is 6.00. The summed E-state index contributed by atoms with van der Waals surface area (Å²) >= 11 is 3.43. The molecule has 4 N–H and O–H groups in total. The van der Waals surface area contributed by atoms with E-state index in [4.69, 9.17) is 5.73 Å². The van der Waals surface area contributed by atoms with Gasteiger partial charge in [0.15, 0.2) is 0 Å². The average Bonchev–Trinajstić information content (AvgIpc) is 3.48. The number of halogens is 1. The van der Waals surface area contributed by atoms with Crippen LogP contribution in [-0.4, -0.2) is 41.9 Å². The van der Waals surface area contributed by atoms with Crippen molar-refractivity contribution in [1.29, 1.82) is 0 Å². The second-order valence-electron chi connectivity index (χ2n) is 9.34. The number of hydrogen-bond acceptors (Lipinski definition) is 6. The molecule has 0 amide bonds. The summed E-state index contributed by atoms with van der Waals surface area (Å²) in [4.78, 5) is 13.2. The van der Waals surface area contributed by atoms with E-state index in [0.29, 0.717) is 12.2 Å². The van der Waals surface area contributed by atoms with Crippen molar-refractivity contribution in [2.24, 2.45) is 5.41 Å². The van der Waals surface area contributed by atoms with E-state index < -0.39 is 17.6 Å². The Bertz CT molecular complexity index is 1430. The van der Waals surface area contributed by atoms with E-state index in [0.717, 1.165) is 44.1 Å². The van der Waals surface area contributed by atoms with Gasteiger partial charge in [0.25, 0.3) is 0 Å². The number of fused-ring (bicyclic) bond motifs is 2. The molecule has 3 aromatic heterocycles. The van der Waals surface area contributed by atoms with Gasteiger partial charge in [0.1, 0.15) is 23.9 Å². The molecule has 1 aromatic carbocycles. The summed E-state index contributed by atoms with van der Waals surface area (Å²) in [7, 11) is 0. The quantitative estimate of drug-likeness (QED) is 0.354. The van der Waals surface area contributed by atoms with Crippen LogP contribution >= 0.6 is 15.9 Å². The lowest BCUT2D eigenvalue weighted by molar-refractivity contribution is -0.0129. The topological polar surface area (TPSA) is 110 Å². The number of nitrogens with zero attached hydrogens (tertiary/aromatic N) is 4. The van der Waals surface area contributed by atoms with Gasteiger partial charge >= 0.3 is 0 Å². The van der Waals surface area contributed by atoms with Crippen molar-refractivity contribution in [3.8, 4) is 0 Å². The summed E-state index contributed by atoms with van der Waals surface area (Å²) in [6.45, 7) is 1.95. The minimum atomic E-state index is -0.880. The van der Waals surface area contributed by atoms with Crippen molar-refractivity contribution in [3.63, 3.8) is 0 Å². The molecule has 0 bridgehead atoms. The Morgan fingerprint density at radius 1 is 1.15 bits per heavy atom. The van der Waals surface area contributed by atoms with E-state index in [2.05, 4.69) is 61.2 Å². The van der Waals surface area contributed by atoms with Crippen molar-refractivity contribution >= 4 is 43.7 Å². The van der Waals surface area contributed by atoms with E-state index in [1.54, 1.807) is 6.33 Å². The van der Waals surface area contributed by atoms with Crippen LogP contribution in [-0.2, 0) is 0 Å². The minimum Gasteiger partial charge on any atom is -0.389 e. The maximum atomic E-state index is 11.2. The molecule has 3 heterocycles. The van der Waals surface area contributed by atoms with E-state index in [-0.39, 0.29) is 12.0 Å². The summed E-state index contributed by atoms with van der Waals surface area (Å²) in [5.74, 6) is 0.598. The van der Waals surface area contributed by atoms with Gasteiger partial charge in [-0.1, -0.05) is 24.3 Å². The molecule has 5 atom stereocenters. The molecule has 168 valence electrons. The molecular formula is C25H24BrN5O2. The highest BCUT2D eigenvalue weighted by Crippen LogP contribution is 2.55. The number of allylic oxidation sites excluding steroid dienone is 1. The molecule has 2 aliphatic carbocycles. The van der Waals surface area contributed by atoms with Crippen LogP contribution in [0, 0.1) is 12.3 Å². The van der Waals surface area contributed by atoms with Crippen molar-refractivity contribution in [1.82, 2.24) is 19.5 Å². The van der Waals surface area contributed by atoms with E-state index in [1.807, 2.05) is 29.8 Å². The number of pyridine rings is 1. The van der Waals surface area contributed by atoms with Crippen LogP contribution < -0.4 is 5.73 Å². The Morgan fingerprint density at radius 2 is 2.00 bits per heavy atom. The first-order valence-corrected chi connectivity index (χ1v) is 11.8. The second kappa shape index (κ2) is 7.35. The number of hydrogen-bond donors (Lipinski definition) is 3. The third-order valence-electron chi connectivity index (χ3n) is 7.47. The van der Waals surface area contributed by atoms with Crippen LogP contribution in [0.25, 0.3) is 21.9 Å². The Kier molecular flexibility index (Phi) is 4.62. The monoisotopic (exact) mass is 505 g/mol. The zero-order valence-corrected chi connectivity index (χ0v) is 19.6. The van der Waals surface area contributed by atoms with Crippen LogP contribution in [0.15, 0.2) is 59.5 Å². The number of aliphatic hydroxyl groups is 2. The molecule has 1 spiro atoms. The molecule has 33 heavy (non-hydrogen) atoms. The number of anilines is 1. The van der Waals surface area contributed by atoms with Gasteiger partial charge in [-0.15, -0.1) is 0 Å². The van der Waals surface area contributed by atoms with E-state index in [9.17, 15) is 10.2 Å². The van der Waals surface area contributed by atoms with E-state index >= 15 is 0 Å².